The maximum Gasteiger partial charge on any atom is 0.246 e. The van der Waals surface area contributed by atoms with Crippen LogP contribution in [-0.2, 0) is 9.53 Å². The Morgan fingerprint density at radius 2 is 1.92 bits per heavy atom. The normalized spacial score (nSPS) is 18.0. The van der Waals surface area contributed by atoms with Gasteiger partial charge in [0.15, 0.2) is 0 Å². The van der Waals surface area contributed by atoms with E-state index in [0.717, 1.165) is 11.1 Å². The smallest absolute Gasteiger partial charge is 0.246 e. The van der Waals surface area contributed by atoms with Crippen LogP contribution in [0.4, 0.5) is 0 Å². The molecule has 1 aliphatic rings. The van der Waals surface area contributed by atoms with Crippen molar-refractivity contribution < 1.29 is 9.53 Å². The molecule has 2 aromatic rings. The first-order chi connectivity index (χ1) is 11.8. The number of carbonyl (C=O) groups is 1. The quantitative estimate of drug-likeness (QED) is 0.622. The van der Waals surface area contributed by atoms with Gasteiger partial charge in [-0.25, -0.2) is 0 Å². The summed E-state index contributed by atoms with van der Waals surface area (Å²) in [7, 11) is 0. The van der Waals surface area contributed by atoms with E-state index in [1.807, 2.05) is 53.4 Å². The average molecular weight is 339 g/mol. The molecule has 0 saturated carbocycles. The molecule has 24 heavy (non-hydrogen) atoms. The van der Waals surface area contributed by atoms with Gasteiger partial charge in [0.2, 0.25) is 5.91 Å². The van der Waals surface area contributed by atoms with Crippen LogP contribution in [0.15, 0.2) is 65.6 Å². The van der Waals surface area contributed by atoms with Gasteiger partial charge < -0.3 is 9.64 Å². The predicted octanol–water partition coefficient (Wildman–Crippen LogP) is 4.02. The van der Waals surface area contributed by atoms with Crippen LogP contribution in [-0.4, -0.2) is 36.8 Å². The molecule has 0 radical (unpaired) electrons. The van der Waals surface area contributed by atoms with E-state index in [9.17, 15) is 4.79 Å². The number of hydrogen-bond acceptors (Lipinski definition) is 3. The van der Waals surface area contributed by atoms with Crippen molar-refractivity contribution in [1.29, 1.82) is 0 Å². The Hall–Kier alpha value is -2.04. The fourth-order valence-electron chi connectivity index (χ4n) is 2.71. The van der Waals surface area contributed by atoms with Gasteiger partial charge in [-0.15, -0.1) is 11.8 Å². The molecule has 0 aliphatic carbocycles. The summed E-state index contributed by atoms with van der Waals surface area (Å²) in [6, 6.07) is 18.3. The van der Waals surface area contributed by atoms with E-state index in [1.54, 1.807) is 17.8 Å². The van der Waals surface area contributed by atoms with Crippen molar-refractivity contribution in [3.05, 3.63) is 71.8 Å². The number of hydrogen-bond donors (Lipinski definition) is 0. The maximum absolute atomic E-state index is 12.5. The minimum atomic E-state index is -0.0434. The molecule has 124 valence electrons. The molecule has 0 unspecified atom stereocenters. The summed E-state index contributed by atoms with van der Waals surface area (Å²) in [5.41, 5.74) is 2.15. The first-order valence-electron chi connectivity index (χ1n) is 8.04. The highest BCUT2D eigenvalue weighted by atomic mass is 32.2. The molecule has 0 aromatic heterocycles. The van der Waals surface area contributed by atoms with Gasteiger partial charge in [-0.1, -0.05) is 42.5 Å². The highest BCUT2D eigenvalue weighted by molar-refractivity contribution is 7.98. The van der Waals surface area contributed by atoms with E-state index in [1.165, 1.54) is 4.90 Å². The zero-order valence-corrected chi connectivity index (χ0v) is 14.5. The number of carbonyl (C=O) groups excluding carboxylic acids is 1. The number of thioether (sulfide) groups is 1. The van der Waals surface area contributed by atoms with Crippen LogP contribution in [0.5, 0.6) is 0 Å². The van der Waals surface area contributed by atoms with Crippen LogP contribution in [0.3, 0.4) is 0 Å². The third kappa shape index (κ3) is 4.28. The summed E-state index contributed by atoms with van der Waals surface area (Å²) >= 11 is 1.71. The number of morpholine rings is 1. The Kier molecular flexibility index (Phi) is 5.72. The van der Waals surface area contributed by atoms with Crippen molar-refractivity contribution in [2.45, 2.75) is 11.0 Å². The van der Waals surface area contributed by atoms with Crippen molar-refractivity contribution >= 4 is 23.7 Å². The second-order valence-corrected chi connectivity index (χ2v) is 6.54. The molecule has 1 atom stereocenters. The van der Waals surface area contributed by atoms with Crippen LogP contribution in [0.25, 0.3) is 6.08 Å². The number of nitrogens with zero attached hydrogens (tertiary/aromatic N) is 1. The molecule has 1 heterocycles. The Bertz CT molecular complexity index is 697. The molecule has 4 heteroatoms. The summed E-state index contributed by atoms with van der Waals surface area (Å²) in [5.74, 6) is 0.0353. The third-order valence-corrected chi connectivity index (χ3v) is 4.83. The average Bonchev–Trinajstić information content (AvgIpc) is 2.67. The van der Waals surface area contributed by atoms with Crippen LogP contribution in [0.2, 0.25) is 0 Å². The van der Waals surface area contributed by atoms with E-state index < -0.39 is 0 Å². The Morgan fingerprint density at radius 1 is 1.17 bits per heavy atom. The van der Waals surface area contributed by atoms with Gasteiger partial charge in [-0.2, -0.15) is 0 Å². The highest BCUT2D eigenvalue weighted by Gasteiger charge is 2.23. The molecule has 0 spiro atoms. The molecule has 1 fully saturated rings. The van der Waals surface area contributed by atoms with Gasteiger partial charge in [0, 0.05) is 17.5 Å². The van der Waals surface area contributed by atoms with Crippen molar-refractivity contribution in [2.75, 3.05) is 26.0 Å². The molecule has 1 aliphatic heterocycles. The van der Waals surface area contributed by atoms with Gasteiger partial charge in [0.05, 0.1) is 13.2 Å². The van der Waals surface area contributed by atoms with E-state index in [-0.39, 0.29) is 12.0 Å². The minimum Gasteiger partial charge on any atom is -0.370 e. The highest BCUT2D eigenvalue weighted by Crippen LogP contribution is 2.22. The van der Waals surface area contributed by atoms with Crippen LogP contribution < -0.4 is 0 Å². The zero-order chi connectivity index (χ0) is 16.8. The minimum absolute atomic E-state index is 0.0353. The van der Waals surface area contributed by atoms with Gasteiger partial charge in [0.1, 0.15) is 6.10 Å². The predicted molar refractivity (Wildman–Crippen MR) is 99.0 cm³/mol. The molecule has 3 nitrogen and oxygen atoms in total. The number of ether oxygens (including phenoxy) is 1. The summed E-state index contributed by atoms with van der Waals surface area (Å²) in [5, 5.41) is 0. The van der Waals surface area contributed by atoms with E-state index >= 15 is 0 Å². The van der Waals surface area contributed by atoms with Crippen molar-refractivity contribution in [3.63, 3.8) is 0 Å². The molecule has 0 N–H and O–H groups in total. The van der Waals surface area contributed by atoms with E-state index in [2.05, 4.69) is 18.4 Å². The largest absolute Gasteiger partial charge is 0.370 e. The lowest BCUT2D eigenvalue weighted by Crippen LogP contribution is -2.41. The van der Waals surface area contributed by atoms with Gasteiger partial charge in [-0.05, 0) is 35.6 Å². The molecule has 0 bridgehead atoms. The SMILES string of the molecule is CSc1ccc(/C=C/C(=O)N2CCO[C@@H](c3ccccc3)C2)cc1. The Balaban J connectivity index is 1.62. The first-order valence-corrected chi connectivity index (χ1v) is 9.26. The lowest BCUT2D eigenvalue weighted by Gasteiger charge is -2.32. The summed E-state index contributed by atoms with van der Waals surface area (Å²) in [6.07, 6.45) is 5.54. The van der Waals surface area contributed by atoms with Gasteiger partial charge in [-0.3, -0.25) is 4.79 Å². The van der Waals surface area contributed by atoms with Gasteiger partial charge in [0.25, 0.3) is 0 Å². The van der Waals surface area contributed by atoms with E-state index in [0.29, 0.717) is 19.7 Å². The monoisotopic (exact) mass is 339 g/mol. The molecular formula is C20H21NO2S. The molecule has 2 aromatic carbocycles. The Morgan fingerprint density at radius 3 is 2.62 bits per heavy atom. The number of rotatable bonds is 4. The van der Waals surface area contributed by atoms with Crippen molar-refractivity contribution in [3.8, 4) is 0 Å². The zero-order valence-electron chi connectivity index (χ0n) is 13.7. The molecule has 3 rings (SSSR count). The topological polar surface area (TPSA) is 29.5 Å². The number of benzene rings is 2. The summed E-state index contributed by atoms with van der Waals surface area (Å²) in [4.78, 5) is 15.5. The van der Waals surface area contributed by atoms with Crippen molar-refractivity contribution in [1.82, 2.24) is 4.90 Å². The molecular weight excluding hydrogens is 318 g/mol. The fraction of sp³-hybridized carbons (Fsp3) is 0.250. The first kappa shape index (κ1) is 16.8. The second kappa shape index (κ2) is 8.18. The molecule has 1 saturated heterocycles. The fourth-order valence-corrected chi connectivity index (χ4v) is 3.11. The van der Waals surface area contributed by atoms with Gasteiger partial charge >= 0.3 is 0 Å². The standard InChI is InChI=1S/C20H21NO2S/c1-24-18-10-7-16(8-11-18)9-12-20(22)21-13-14-23-19(15-21)17-5-3-2-4-6-17/h2-12,19H,13-15H2,1H3/b12-9+/t19-/m1/s1. The van der Waals surface area contributed by atoms with Crippen molar-refractivity contribution in [2.24, 2.45) is 0 Å². The molecule has 1 amide bonds. The van der Waals surface area contributed by atoms with Crippen LogP contribution in [0.1, 0.15) is 17.2 Å². The van der Waals surface area contributed by atoms with E-state index in [4.69, 9.17) is 4.74 Å². The Labute approximate surface area is 147 Å². The van der Waals surface area contributed by atoms with Crippen LogP contribution >= 0.6 is 11.8 Å². The lowest BCUT2D eigenvalue weighted by molar-refractivity contribution is -0.133. The third-order valence-electron chi connectivity index (χ3n) is 4.08. The summed E-state index contributed by atoms with van der Waals surface area (Å²) in [6.45, 7) is 1.80. The maximum atomic E-state index is 12.5. The number of amides is 1. The van der Waals surface area contributed by atoms with Crippen LogP contribution in [0, 0.1) is 0 Å². The summed E-state index contributed by atoms with van der Waals surface area (Å²) < 4.78 is 5.81. The lowest BCUT2D eigenvalue weighted by atomic mass is 10.1. The second-order valence-electron chi connectivity index (χ2n) is 5.66.